The minimum Gasteiger partial charge on any atom is -0.321 e. The lowest BCUT2D eigenvalue weighted by atomic mass is 10.1. The number of hydrogen-bond acceptors (Lipinski definition) is 2. The maximum atomic E-state index is 12.3. The van der Waals surface area contributed by atoms with Gasteiger partial charge >= 0.3 is 0 Å². The zero-order chi connectivity index (χ0) is 12.7. The molecule has 1 aromatic heterocycles. The molecule has 0 aliphatic heterocycles. The number of nitrogens with one attached hydrogen (secondary N) is 1. The molecular weight excluding hydrogens is 250 g/mol. The molecule has 0 unspecified atom stereocenters. The van der Waals surface area contributed by atoms with Crippen LogP contribution in [0.15, 0.2) is 52.1 Å². The Hall–Kier alpha value is -2.13. The average Bonchev–Trinajstić information content (AvgIpc) is 2.47. The Balaban J connectivity index is 2.74. The number of H-pyrrole nitrogens is 1. The molecule has 0 bridgehead atoms. The van der Waals surface area contributed by atoms with Gasteiger partial charge in [0.25, 0.3) is 5.56 Å². The molecule has 3 nitrogen and oxygen atoms in total. The fourth-order valence-electron chi connectivity index (χ4n) is 2.03. The number of aromatic amines is 1. The zero-order valence-corrected chi connectivity index (χ0v) is 9.99. The molecule has 1 heterocycles. The molecule has 0 fully saturated rings. The first-order chi connectivity index (χ1) is 8.66. The van der Waals surface area contributed by atoms with E-state index in [1.165, 1.54) is 0 Å². The minimum absolute atomic E-state index is 0.171. The zero-order valence-electron chi connectivity index (χ0n) is 9.24. The molecule has 0 aliphatic rings. The summed E-state index contributed by atoms with van der Waals surface area (Å²) < 4.78 is 0. The number of hydrogen-bond donors (Lipinski definition) is 1. The van der Waals surface area contributed by atoms with Gasteiger partial charge < -0.3 is 4.98 Å². The van der Waals surface area contributed by atoms with E-state index in [4.69, 9.17) is 11.6 Å². The molecule has 18 heavy (non-hydrogen) atoms. The van der Waals surface area contributed by atoms with Gasteiger partial charge in [-0.05, 0) is 24.3 Å². The van der Waals surface area contributed by atoms with Gasteiger partial charge in [0.1, 0.15) is 0 Å². The van der Waals surface area contributed by atoms with Gasteiger partial charge in [-0.1, -0.05) is 29.8 Å². The van der Waals surface area contributed by atoms with Crippen molar-refractivity contribution in [3.05, 3.63) is 68.1 Å². The summed E-state index contributed by atoms with van der Waals surface area (Å²) in [6.07, 6.45) is 0. The van der Waals surface area contributed by atoms with E-state index in [2.05, 4.69) is 4.98 Å². The fourth-order valence-corrected chi connectivity index (χ4v) is 2.20. The van der Waals surface area contributed by atoms with Crippen molar-refractivity contribution >= 4 is 33.3 Å². The molecule has 1 N–H and O–H groups in total. The van der Waals surface area contributed by atoms with Crippen molar-refractivity contribution in [1.82, 2.24) is 4.98 Å². The van der Waals surface area contributed by atoms with Crippen molar-refractivity contribution in [2.75, 3.05) is 0 Å². The van der Waals surface area contributed by atoms with Crippen LogP contribution in [0.1, 0.15) is 0 Å². The van der Waals surface area contributed by atoms with Crippen LogP contribution in [0.4, 0.5) is 0 Å². The standard InChI is InChI=1S/C14H8ClNO2/c15-8-5-6-11-12(7-8)16-14(18)10-4-2-1-3-9(10)13(11)17/h1-7H,(H,16,18). The normalized spacial score (nSPS) is 10.9. The van der Waals surface area contributed by atoms with E-state index in [1.807, 2.05) is 0 Å². The number of halogens is 1. The Morgan fingerprint density at radius 2 is 1.61 bits per heavy atom. The predicted octanol–water partition coefficient (Wildman–Crippen LogP) is 2.69. The number of fused-ring (bicyclic) bond motifs is 2. The van der Waals surface area contributed by atoms with E-state index in [-0.39, 0.29) is 11.0 Å². The molecule has 0 spiro atoms. The molecule has 3 aromatic rings. The largest absolute Gasteiger partial charge is 0.321 e. The summed E-state index contributed by atoms with van der Waals surface area (Å²) in [6.45, 7) is 0. The van der Waals surface area contributed by atoms with Gasteiger partial charge in [0.15, 0.2) is 5.43 Å². The molecule has 0 saturated heterocycles. The molecule has 4 heteroatoms. The van der Waals surface area contributed by atoms with Crippen molar-refractivity contribution in [2.24, 2.45) is 0 Å². The Morgan fingerprint density at radius 1 is 0.889 bits per heavy atom. The first-order valence-electron chi connectivity index (χ1n) is 5.41. The van der Waals surface area contributed by atoms with Crippen molar-refractivity contribution < 1.29 is 0 Å². The lowest BCUT2D eigenvalue weighted by molar-refractivity contribution is 1.36. The van der Waals surface area contributed by atoms with Gasteiger partial charge in [0.05, 0.1) is 10.9 Å². The summed E-state index contributed by atoms with van der Waals surface area (Å²) >= 11 is 5.87. The molecule has 0 atom stereocenters. The van der Waals surface area contributed by atoms with Crippen molar-refractivity contribution in [3.63, 3.8) is 0 Å². The first-order valence-corrected chi connectivity index (χ1v) is 5.79. The van der Waals surface area contributed by atoms with Crippen LogP contribution in [0.5, 0.6) is 0 Å². The second-order valence-electron chi connectivity index (χ2n) is 4.02. The Morgan fingerprint density at radius 3 is 2.39 bits per heavy atom. The van der Waals surface area contributed by atoms with Crippen LogP contribution in [0.2, 0.25) is 5.02 Å². The van der Waals surface area contributed by atoms with Gasteiger partial charge in [-0.15, -0.1) is 0 Å². The van der Waals surface area contributed by atoms with Crippen LogP contribution >= 0.6 is 11.6 Å². The molecular formula is C14H8ClNO2. The predicted molar refractivity (Wildman–Crippen MR) is 73.4 cm³/mol. The topological polar surface area (TPSA) is 49.9 Å². The van der Waals surface area contributed by atoms with Crippen LogP contribution in [0.3, 0.4) is 0 Å². The monoisotopic (exact) mass is 257 g/mol. The van der Waals surface area contributed by atoms with E-state index in [0.717, 1.165) is 0 Å². The Labute approximate surface area is 107 Å². The van der Waals surface area contributed by atoms with Crippen LogP contribution < -0.4 is 11.0 Å². The van der Waals surface area contributed by atoms with E-state index in [0.29, 0.717) is 26.7 Å². The highest BCUT2D eigenvalue weighted by molar-refractivity contribution is 6.31. The van der Waals surface area contributed by atoms with Crippen molar-refractivity contribution in [3.8, 4) is 0 Å². The summed E-state index contributed by atoms with van der Waals surface area (Å²) in [5.41, 5.74) is -0.00992. The summed E-state index contributed by atoms with van der Waals surface area (Å²) in [5, 5.41) is 1.73. The van der Waals surface area contributed by atoms with Gasteiger partial charge in [0, 0.05) is 15.8 Å². The van der Waals surface area contributed by atoms with Crippen LogP contribution in [-0.4, -0.2) is 4.98 Å². The lowest BCUT2D eigenvalue weighted by Crippen LogP contribution is -2.02. The van der Waals surface area contributed by atoms with Crippen molar-refractivity contribution in [1.29, 1.82) is 0 Å². The molecule has 2 aromatic carbocycles. The Bertz CT molecular complexity index is 884. The quantitative estimate of drug-likeness (QED) is 0.673. The molecule has 0 aliphatic carbocycles. The third kappa shape index (κ3) is 1.60. The van der Waals surface area contributed by atoms with E-state index in [1.54, 1.807) is 42.5 Å². The number of benzene rings is 2. The highest BCUT2D eigenvalue weighted by atomic mass is 35.5. The third-order valence-corrected chi connectivity index (χ3v) is 3.13. The first kappa shape index (κ1) is 11.0. The summed E-state index contributed by atoms with van der Waals surface area (Å²) in [4.78, 5) is 27.1. The average molecular weight is 258 g/mol. The van der Waals surface area contributed by atoms with Gasteiger partial charge in [-0.25, -0.2) is 0 Å². The van der Waals surface area contributed by atoms with Crippen molar-refractivity contribution in [2.45, 2.75) is 0 Å². The van der Waals surface area contributed by atoms with Gasteiger partial charge in [0.2, 0.25) is 0 Å². The van der Waals surface area contributed by atoms with Crippen LogP contribution in [0, 0.1) is 0 Å². The number of aromatic nitrogens is 1. The van der Waals surface area contributed by atoms with Gasteiger partial charge in [-0.3, -0.25) is 9.59 Å². The smallest absolute Gasteiger partial charge is 0.256 e. The molecule has 0 saturated carbocycles. The summed E-state index contributed by atoms with van der Waals surface area (Å²) in [7, 11) is 0. The maximum Gasteiger partial charge on any atom is 0.256 e. The van der Waals surface area contributed by atoms with E-state index < -0.39 is 0 Å². The third-order valence-electron chi connectivity index (χ3n) is 2.89. The highest BCUT2D eigenvalue weighted by Crippen LogP contribution is 2.15. The van der Waals surface area contributed by atoms with E-state index >= 15 is 0 Å². The van der Waals surface area contributed by atoms with Crippen LogP contribution in [-0.2, 0) is 0 Å². The van der Waals surface area contributed by atoms with Crippen LogP contribution in [0.25, 0.3) is 21.7 Å². The molecule has 0 radical (unpaired) electrons. The minimum atomic E-state index is -0.292. The van der Waals surface area contributed by atoms with E-state index in [9.17, 15) is 9.59 Å². The second kappa shape index (κ2) is 3.96. The highest BCUT2D eigenvalue weighted by Gasteiger charge is 2.05. The summed E-state index contributed by atoms with van der Waals surface area (Å²) in [5.74, 6) is 0. The number of rotatable bonds is 0. The SMILES string of the molecule is O=c1[nH]c2cc(Cl)ccc2c(=O)c2ccccc12. The molecule has 3 rings (SSSR count). The van der Waals surface area contributed by atoms with Gasteiger partial charge in [-0.2, -0.15) is 0 Å². The summed E-state index contributed by atoms with van der Waals surface area (Å²) in [6, 6.07) is 11.6. The molecule has 0 amide bonds. The second-order valence-corrected chi connectivity index (χ2v) is 4.46. The molecule has 88 valence electrons. The Kier molecular flexibility index (Phi) is 2.42. The lowest BCUT2D eigenvalue weighted by Gasteiger charge is -1.92. The maximum absolute atomic E-state index is 12.3. The fraction of sp³-hybridized carbons (Fsp3) is 0.